The largest absolute Gasteiger partial charge is 0.480 e. The summed E-state index contributed by atoms with van der Waals surface area (Å²) >= 11 is 0. The highest BCUT2D eigenvalue weighted by Crippen LogP contribution is 2.44. The van der Waals surface area contributed by atoms with E-state index in [1.165, 1.54) is 4.90 Å². The predicted molar refractivity (Wildman–Crippen MR) is 98.6 cm³/mol. The Kier molecular flexibility index (Phi) is 4.58. The van der Waals surface area contributed by atoms with E-state index in [4.69, 9.17) is 9.47 Å². The van der Waals surface area contributed by atoms with Gasteiger partial charge in [-0.2, -0.15) is 0 Å². The number of carbonyl (C=O) groups is 2. The van der Waals surface area contributed by atoms with Crippen LogP contribution in [-0.2, 0) is 14.3 Å². The molecule has 1 heterocycles. The Morgan fingerprint density at radius 1 is 1.07 bits per heavy atom. The number of carbonyl (C=O) groups excluding carboxylic acids is 1. The third kappa shape index (κ3) is 3.06. The van der Waals surface area contributed by atoms with Gasteiger partial charge in [-0.1, -0.05) is 48.5 Å². The third-order valence-corrected chi connectivity index (χ3v) is 5.28. The van der Waals surface area contributed by atoms with E-state index in [-0.39, 0.29) is 25.2 Å². The lowest BCUT2D eigenvalue weighted by atomic mass is 9.98. The average Bonchev–Trinajstić information content (AvgIpc) is 3.00. The number of amides is 1. The van der Waals surface area contributed by atoms with Crippen LogP contribution < -0.4 is 0 Å². The number of hydrogen-bond donors (Lipinski definition) is 1. The Morgan fingerprint density at radius 2 is 1.67 bits per heavy atom. The molecule has 0 radical (unpaired) electrons. The quantitative estimate of drug-likeness (QED) is 0.902. The second kappa shape index (κ2) is 7.04. The summed E-state index contributed by atoms with van der Waals surface area (Å²) in [5.74, 6) is -1.14. The van der Waals surface area contributed by atoms with E-state index in [0.717, 1.165) is 22.3 Å². The summed E-state index contributed by atoms with van der Waals surface area (Å²) < 4.78 is 10.9. The van der Waals surface area contributed by atoms with Crippen LogP contribution in [0.3, 0.4) is 0 Å². The molecule has 0 aromatic heterocycles. The van der Waals surface area contributed by atoms with Gasteiger partial charge in [-0.25, -0.2) is 9.59 Å². The van der Waals surface area contributed by atoms with Crippen molar-refractivity contribution in [2.45, 2.75) is 24.9 Å². The molecule has 1 fully saturated rings. The van der Waals surface area contributed by atoms with Crippen molar-refractivity contribution < 1.29 is 24.2 Å². The summed E-state index contributed by atoms with van der Waals surface area (Å²) in [5, 5.41) is 9.39. The topological polar surface area (TPSA) is 76.1 Å². The van der Waals surface area contributed by atoms with Gasteiger partial charge >= 0.3 is 12.1 Å². The van der Waals surface area contributed by atoms with Crippen molar-refractivity contribution in [1.29, 1.82) is 0 Å². The summed E-state index contributed by atoms with van der Waals surface area (Å²) in [6, 6.07) is 14.8. The van der Waals surface area contributed by atoms with Crippen LogP contribution in [0, 0.1) is 0 Å². The van der Waals surface area contributed by atoms with Crippen molar-refractivity contribution >= 4 is 12.1 Å². The molecule has 2 atom stereocenters. The van der Waals surface area contributed by atoms with Gasteiger partial charge in [0, 0.05) is 5.92 Å². The molecule has 1 amide bonds. The number of fused-ring (bicyclic) bond motifs is 3. The van der Waals surface area contributed by atoms with Gasteiger partial charge in [0.05, 0.1) is 19.3 Å². The zero-order valence-electron chi connectivity index (χ0n) is 15.0. The summed E-state index contributed by atoms with van der Waals surface area (Å²) in [5.41, 5.74) is 4.54. The molecule has 0 bridgehead atoms. The molecule has 27 heavy (non-hydrogen) atoms. The van der Waals surface area contributed by atoms with E-state index in [1.54, 1.807) is 6.92 Å². The molecule has 6 heteroatoms. The van der Waals surface area contributed by atoms with Gasteiger partial charge in [0.2, 0.25) is 0 Å². The predicted octanol–water partition coefficient (Wildman–Crippen LogP) is 3.11. The fourth-order valence-electron chi connectivity index (χ4n) is 3.98. The highest BCUT2D eigenvalue weighted by molar-refractivity contribution is 5.81. The Labute approximate surface area is 157 Å². The number of aliphatic carboxylic acids is 1. The molecule has 0 spiro atoms. The Bertz CT molecular complexity index is 835. The minimum absolute atomic E-state index is 0.0239. The first-order valence-corrected chi connectivity index (χ1v) is 9.01. The van der Waals surface area contributed by atoms with Gasteiger partial charge in [-0.05, 0) is 29.2 Å². The number of hydrogen-bond acceptors (Lipinski definition) is 4. The molecule has 6 nitrogen and oxygen atoms in total. The number of morpholine rings is 1. The summed E-state index contributed by atoms with van der Waals surface area (Å²) in [6.45, 7) is 2.21. The molecule has 1 N–H and O–H groups in total. The second-order valence-electron chi connectivity index (χ2n) is 6.95. The Morgan fingerprint density at radius 3 is 2.26 bits per heavy atom. The van der Waals surface area contributed by atoms with Gasteiger partial charge in [-0.15, -0.1) is 0 Å². The molecule has 4 rings (SSSR count). The maximum absolute atomic E-state index is 12.7. The van der Waals surface area contributed by atoms with Crippen LogP contribution in [-0.4, -0.2) is 54.0 Å². The van der Waals surface area contributed by atoms with Crippen LogP contribution in [0.4, 0.5) is 4.79 Å². The first-order chi connectivity index (χ1) is 13.1. The number of benzene rings is 2. The highest BCUT2D eigenvalue weighted by atomic mass is 16.6. The van der Waals surface area contributed by atoms with Crippen LogP contribution in [0.1, 0.15) is 24.0 Å². The molecule has 2 aliphatic rings. The standard InChI is InChI=1S/C21H21NO5/c1-13-10-26-12-19(20(23)24)22(13)21(25)27-11-18-16-8-4-2-6-14(16)15-7-3-5-9-17(15)18/h2-9,13,18-19H,10-12H2,1H3,(H,23,24)/t13-,19-/m1/s1. The maximum atomic E-state index is 12.7. The molecule has 2 aromatic rings. The molecule has 0 unspecified atom stereocenters. The van der Waals surface area contributed by atoms with Gasteiger partial charge in [0.25, 0.3) is 0 Å². The van der Waals surface area contributed by atoms with E-state index in [1.807, 2.05) is 36.4 Å². The first-order valence-electron chi connectivity index (χ1n) is 9.01. The van der Waals surface area contributed by atoms with E-state index in [2.05, 4.69) is 12.1 Å². The van der Waals surface area contributed by atoms with Crippen LogP contribution in [0.2, 0.25) is 0 Å². The van der Waals surface area contributed by atoms with E-state index in [9.17, 15) is 14.7 Å². The van der Waals surface area contributed by atoms with Gasteiger partial charge in [0.15, 0.2) is 6.04 Å². The smallest absolute Gasteiger partial charge is 0.410 e. The summed E-state index contributed by atoms with van der Waals surface area (Å²) in [6.07, 6.45) is -0.611. The number of nitrogens with zero attached hydrogens (tertiary/aromatic N) is 1. The zero-order chi connectivity index (χ0) is 19.0. The van der Waals surface area contributed by atoms with Crippen molar-refractivity contribution in [2.24, 2.45) is 0 Å². The van der Waals surface area contributed by atoms with Crippen molar-refractivity contribution in [3.63, 3.8) is 0 Å². The average molecular weight is 367 g/mol. The van der Waals surface area contributed by atoms with Gasteiger partial charge < -0.3 is 14.6 Å². The Hall–Kier alpha value is -2.86. The Balaban J connectivity index is 1.55. The van der Waals surface area contributed by atoms with Gasteiger partial charge in [0.1, 0.15) is 6.61 Å². The number of carboxylic acid groups (broad SMARTS) is 1. The van der Waals surface area contributed by atoms with Crippen molar-refractivity contribution in [3.8, 4) is 11.1 Å². The lowest BCUT2D eigenvalue weighted by Crippen LogP contribution is -2.57. The van der Waals surface area contributed by atoms with Crippen LogP contribution in [0.15, 0.2) is 48.5 Å². The summed E-state index contributed by atoms with van der Waals surface area (Å²) in [7, 11) is 0. The molecule has 1 saturated heterocycles. The maximum Gasteiger partial charge on any atom is 0.410 e. The fraction of sp³-hybridized carbons (Fsp3) is 0.333. The second-order valence-corrected chi connectivity index (χ2v) is 6.95. The van der Waals surface area contributed by atoms with Crippen LogP contribution >= 0.6 is 0 Å². The van der Waals surface area contributed by atoms with E-state index in [0.29, 0.717) is 6.61 Å². The summed E-state index contributed by atoms with van der Waals surface area (Å²) in [4.78, 5) is 25.4. The van der Waals surface area contributed by atoms with E-state index < -0.39 is 18.1 Å². The normalized spacial score (nSPS) is 21.4. The number of ether oxygens (including phenoxy) is 2. The van der Waals surface area contributed by atoms with Crippen LogP contribution in [0.25, 0.3) is 11.1 Å². The third-order valence-electron chi connectivity index (χ3n) is 5.28. The highest BCUT2D eigenvalue weighted by Gasteiger charge is 2.39. The molecular formula is C21H21NO5. The minimum atomic E-state index is -1.09. The molecule has 1 aliphatic heterocycles. The molecule has 0 saturated carbocycles. The van der Waals surface area contributed by atoms with Crippen LogP contribution in [0.5, 0.6) is 0 Å². The monoisotopic (exact) mass is 367 g/mol. The zero-order valence-corrected chi connectivity index (χ0v) is 15.0. The van der Waals surface area contributed by atoms with Gasteiger partial charge in [-0.3, -0.25) is 4.90 Å². The molecule has 1 aliphatic carbocycles. The minimum Gasteiger partial charge on any atom is -0.480 e. The number of rotatable bonds is 3. The van der Waals surface area contributed by atoms with Crippen molar-refractivity contribution in [1.82, 2.24) is 4.90 Å². The number of carboxylic acids is 1. The lowest BCUT2D eigenvalue weighted by molar-refractivity contribution is -0.151. The molecular weight excluding hydrogens is 346 g/mol. The fourth-order valence-corrected chi connectivity index (χ4v) is 3.98. The first kappa shape index (κ1) is 17.5. The molecule has 140 valence electrons. The van der Waals surface area contributed by atoms with Crippen molar-refractivity contribution in [3.05, 3.63) is 59.7 Å². The van der Waals surface area contributed by atoms with E-state index >= 15 is 0 Å². The van der Waals surface area contributed by atoms with Crippen molar-refractivity contribution in [2.75, 3.05) is 19.8 Å². The SMILES string of the molecule is C[C@@H]1COC[C@H](C(=O)O)N1C(=O)OCC1c2ccccc2-c2ccccc21. The molecule has 2 aromatic carbocycles. The lowest BCUT2D eigenvalue weighted by Gasteiger charge is -2.37.